The molecule has 1 amide bonds. The molecule has 7 heteroatoms. The van der Waals surface area contributed by atoms with Crippen molar-refractivity contribution in [3.05, 3.63) is 29.3 Å². The molecule has 1 aromatic rings. The Bertz CT molecular complexity index is 483. The standard InChI is InChI=1S/C11H10F3NO3/c1-6-2-3-7(4-8(6)11(12,13)14)15-9(16)5-10(17)18/h2-4H,5H2,1H3,(H,15,16)(H,17,18). The summed E-state index contributed by atoms with van der Waals surface area (Å²) >= 11 is 0. The highest BCUT2D eigenvalue weighted by atomic mass is 19.4. The lowest BCUT2D eigenvalue weighted by molar-refractivity contribution is -0.140. The van der Waals surface area contributed by atoms with E-state index in [1.54, 1.807) is 0 Å². The molecule has 98 valence electrons. The van der Waals surface area contributed by atoms with Crippen LogP contribution in [0.4, 0.5) is 18.9 Å². The normalized spacial score (nSPS) is 11.1. The molecule has 0 spiro atoms. The minimum Gasteiger partial charge on any atom is -0.481 e. The molecular weight excluding hydrogens is 251 g/mol. The van der Waals surface area contributed by atoms with Gasteiger partial charge in [-0.25, -0.2) is 0 Å². The number of hydrogen-bond donors (Lipinski definition) is 2. The number of anilines is 1. The molecule has 1 aromatic carbocycles. The minimum atomic E-state index is -4.52. The fourth-order valence-electron chi connectivity index (χ4n) is 1.35. The summed E-state index contributed by atoms with van der Waals surface area (Å²) in [6.07, 6.45) is -5.31. The van der Waals surface area contributed by atoms with Crippen LogP contribution in [0.2, 0.25) is 0 Å². The van der Waals surface area contributed by atoms with Crippen molar-refractivity contribution < 1.29 is 27.9 Å². The number of carboxylic acids is 1. The van der Waals surface area contributed by atoms with Gasteiger partial charge in [0.05, 0.1) is 5.56 Å². The first-order chi connectivity index (χ1) is 8.20. The maximum Gasteiger partial charge on any atom is 0.416 e. The molecule has 0 aliphatic carbocycles. The quantitative estimate of drug-likeness (QED) is 0.821. The van der Waals surface area contributed by atoms with E-state index in [-0.39, 0.29) is 11.3 Å². The largest absolute Gasteiger partial charge is 0.481 e. The van der Waals surface area contributed by atoms with Gasteiger partial charge in [0.25, 0.3) is 0 Å². The summed E-state index contributed by atoms with van der Waals surface area (Å²) in [5.41, 5.74) is -0.923. The Morgan fingerprint density at radius 2 is 1.94 bits per heavy atom. The summed E-state index contributed by atoms with van der Waals surface area (Å²) in [4.78, 5) is 21.3. The van der Waals surface area contributed by atoms with Gasteiger partial charge in [0, 0.05) is 5.69 Å². The van der Waals surface area contributed by atoms with Crippen molar-refractivity contribution in [2.75, 3.05) is 5.32 Å². The third-order valence-corrected chi connectivity index (χ3v) is 2.14. The summed E-state index contributed by atoms with van der Waals surface area (Å²) in [7, 11) is 0. The Labute approximate surface area is 100 Å². The van der Waals surface area contributed by atoms with Crippen LogP contribution in [0.5, 0.6) is 0 Å². The summed E-state index contributed by atoms with van der Waals surface area (Å²) in [5.74, 6) is -2.23. The predicted molar refractivity (Wildman–Crippen MR) is 57.1 cm³/mol. The lowest BCUT2D eigenvalue weighted by Crippen LogP contribution is -2.16. The fraction of sp³-hybridized carbons (Fsp3) is 0.273. The van der Waals surface area contributed by atoms with Crippen molar-refractivity contribution in [3.63, 3.8) is 0 Å². The van der Waals surface area contributed by atoms with E-state index in [1.165, 1.54) is 19.1 Å². The molecule has 0 radical (unpaired) electrons. The van der Waals surface area contributed by atoms with Crippen LogP contribution in [0.25, 0.3) is 0 Å². The molecule has 0 fully saturated rings. The molecule has 2 N–H and O–H groups in total. The number of halogens is 3. The zero-order chi connectivity index (χ0) is 13.9. The maximum atomic E-state index is 12.6. The van der Waals surface area contributed by atoms with Gasteiger partial charge in [0.15, 0.2) is 0 Å². The number of rotatable bonds is 3. The highest BCUT2D eigenvalue weighted by Gasteiger charge is 2.32. The number of nitrogens with one attached hydrogen (secondary N) is 1. The van der Waals surface area contributed by atoms with E-state index in [4.69, 9.17) is 5.11 Å². The topological polar surface area (TPSA) is 66.4 Å². The second-order valence-corrected chi connectivity index (χ2v) is 3.65. The summed E-state index contributed by atoms with van der Waals surface area (Å²) in [6.45, 7) is 1.30. The summed E-state index contributed by atoms with van der Waals surface area (Å²) < 4.78 is 37.7. The molecule has 0 saturated heterocycles. The van der Waals surface area contributed by atoms with E-state index < -0.39 is 30.0 Å². The molecule has 0 saturated carbocycles. The minimum absolute atomic E-state index is 0.0266. The molecule has 4 nitrogen and oxygen atoms in total. The van der Waals surface area contributed by atoms with Gasteiger partial charge in [-0.1, -0.05) is 6.07 Å². The van der Waals surface area contributed by atoms with Crippen LogP contribution in [0.1, 0.15) is 17.5 Å². The maximum absolute atomic E-state index is 12.6. The Morgan fingerprint density at radius 1 is 1.33 bits per heavy atom. The number of carboxylic acid groups (broad SMARTS) is 1. The Morgan fingerprint density at radius 3 is 2.44 bits per heavy atom. The van der Waals surface area contributed by atoms with E-state index in [0.717, 1.165) is 6.07 Å². The molecule has 0 aliphatic heterocycles. The van der Waals surface area contributed by atoms with Gasteiger partial charge in [-0.2, -0.15) is 13.2 Å². The lowest BCUT2D eigenvalue weighted by Gasteiger charge is -2.12. The zero-order valence-electron chi connectivity index (χ0n) is 9.34. The number of alkyl halides is 3. The molecule has 0 aromatic heterocycles. The number of benzene rings is 1. The van der Waals surface area contributed by atoms with E-state index in [1.807, 2.05) is 0 Å². The van der Waals surface area contributed by atoms with E-state index in [2.05, 4.69) is 5.32 Å². The van der Waals surface area contributed by atoms with Crippen molar-refractivity contribution in [2.24, 2.45) is 0 Å². The van der Waals surface area contributed by atoms with E-state index in [0.29, 0.717) is 0 Å². The van der Waals surface area contributed by atoms with Crippen LogP contribution in [-0.2, 0) is 15.8 Å². The van der Waals surface area contributed by atoms with Crippen molar-refractivity contribution in [2.45, 2.75) is 19.5 Å². The number of aryl methyl sites for hydroxylation is 1. The SMILES string of the molecule is Cc1ccc(NC(=O)CC(=O)O)cc1C(F)(F)F. The van der Waals surface area contributed by atoms with Crippen molar-refractivity contribution in [1.82, 2.24) is 0 Å². The zero-order valence-corrected chi connectivity index (χ0v) is 9.34. The molecule has 0 aliphatic rings. The average molecular weight is 261 g/mol. The van der Waals surface area contributed by atoms with Crippen LogP contribution in [0.3, 0.4) is 0 Å². The Balaban J connectivity index is 2.92. The van der Waals surface area contributed by atoms with Crippen molar-refractivity contribution >= 4 is 17.6 Å². The van der Waals surface area contributed by atoms with Crippen molar-refractivity contribution in [3.8, 4) is 0 Å². The average Bonchev–Trinajstić information content (AvgIpc) is 2.17. The monoisotopic (exact) mass is 261 g/mol. The Kier molecular flexibility index (Phi) is 3.95. The second-order valence-electron chi connectivity index (χ2n) is 3.65. The number of carbonyl (C=O) groups is 2. The highest BCUT2D eigenvalue weighted by molar-refractivity contribution is 6.01. The van der Waals surface area contributed by atoms with Gasteiger partial charge in [0.1, 0.15) is 6.42 Å². The fourth-order valence-corrected chi connectivity index (χ4v) is 1.35. The molecule has 0 bridgehead atoms. The highest BCUT2D eigenvalue weighted by Crippen LogP contribution is 2.33. The van der Waals surface area contributed by atoms with Crippen LogP contribution in [-0.4, -0.2) is 17.0 Å². The van der Waals surface area contributed by atoms with Crippen LogP contribution >= 0.6 is 0 Å². The second kappa shape index (κ2) is 5.07. The molecule has 0 heterocycles. The molecule has 18 heavy (non-hydrogen) atoms. The van der Waals surface area contributed by atoms with Crippen LogP contribution in [0.15, 0.2) is 18.2 Å². The Hall–Kier alpha value is -2.05. The van der Waals surface area contributed by atoms with Crippen LogP contribution < -0.4 is 5.32 Å². The summed E-state index contributed by atoms with van der Waals surface area (Å²) in [5, 5.41) is 10.4. The van der Waals surface area contributed by atoms with Crippen molar-refractivity contribution in [1.29, 1.82) is 0 Å². The van der Waals surface area contributed by atoms with Gasteiger partial charge < -0.3 is 10.4 Å². The van der Waals surface area contributed by atoms with Crippen LogP contribution in [0, 0.1) is 6.92 Å². The predicted octanol–water partition coefficient (Wildman–Crippen LogP) is 2.43. The first-order valence-corrected chi connectivity index (χ1v) is 4.89. The molecule has 1 rings (SSSR count). The number of carbonyl (C=O) groups excluding carboxylic acids is 1. The van der Waals surface area contributed by atoms with Gasteiger partial charge in [0.2, 0.25) is 5.91 Å². The number of aliphatic carboxylic acids is 1. The molecule has 0 atom stereocenters. The third kappa shape index (κ3) is 3.76. The van der Waals surface area contributed by atoms with E-state index in [9.17, 15) is 22.8 Å². The number of hydrogen-bond acceptors (Lipinski definition) is 2. The first-order valence-electron chi connectivity index (χ1n) is 4.89. The van der Waals surface area contributed by atoms with Gasteiger partial charge in [-0.05, 0) is 24.6 Å². The molecule has 0 unspecified atom stereocenters. The van der Waals surface area contributed by atoms with Gasteiger partial charge in [-0.3, -0.25) is 9.59 Å². The molecular formula is C11H10F3NO3. The lowest BCUT2D eigenvalue weighted by atomic mass is 10.1. The van der Waals surface area contributed by atoms with Gasteiger partial charge in [-0.15, -0.1) is 0 Å². The van der Waals surface area contributed by atoms with E-state index >= 15 is 0 Å². The number of amides is 1. The smallest absolute Gasteiger partial charge is 0.416 e. The first kappa shape index (κ1) is 14.0. The third-order valence-electron chi connectivity index (χ3n) is 2.14. The van der Waals surface area contributed by atoms with Gasteiger partial charge >= 0.3 is 12.1 Å². The summed E-state index contributed by atoms with van der Waals surface area (Å²) in [6, 6.07) is 3.26.